The highest BCUT2D eigenvalue weighted by Gasteiger charge is 2.17. The SMILES string of the molecule is CCc1ccc(CNC2CCC(=O)NC2)o1. The van der Waals surface area contributed by atoms with E-state index in [1.165, 1.54) is 0 Å². The van der Waals surface area contributed by atoms with Crippen molar-refractivity contribution in [3.63, 3.8) is 0 Å². The minimum absolute atomic E-state index is 0.157. The lowest BCUT2D eigenvalue weighted by Gasteiger charge is -2.23. The third-order valence-electron chi connectivity index (χ3n) is 2.90. The van der Waals surface area contributed by atoms with E-state index < -0.39 is 0 Å². The van der Waals surface area contributed by atoms with Crippen molar-refractivity contribution in [1.29, 1.82) is 0 Å². The van der Waals surface area contributed by atoms with Crippen LogP contribution in [-0.4, -0.2) is 18.5 Å². The molecule has 1 aliphatic rings. The average molecular weight is 222 g/mol. The second-order valence-corrected chi connectivity index (χ2v) is 4.14. The van der Waals surface area contributed by atoms with E-state index in [2.05, 4.69) is 17.6 Å². The van der Waals surface area contributed by atoms with E-state index >= 15 is 0 Å². The second-order valence-electron chi connectivity index (χ2n) is 4.14. The Morgan fingerprint density at radius 2 is 2.31 bits per heavy atom. The van der Waals surface area contributed by atoms with Crippen LogP contribution in [0.15, 0.2) is 16.5 Å². The Hall–Kier alpha value is -1.29. The molecule has 1 unspecified atom stereocenters. The molecule has 0 radical (unpaired) electrons. The van der Waals surface area contributed by atoms with Gasteiger partial charge in [0, 0.05) is 25.4 Å². The number of carbonyl (C=O) groups is 1. The zero-order valence-corrected chi connectivity index (χ0v) is 9.58. The molecule has 0 spiro atoms. The van der Waals surface area contributed by atoms with Gasteiger partial charge in [-0.2, -0.15) is 0 Å². The summed E-state index contributed by atoms with van der Waals surface area (Å²) in [4.78, 5) is 11.0. The van der Waals surface area contributed by atoms with E-state index in [0.717, 1.165) is 37.5 Å². The Morgan fingerprint density at radius 1 is 1.50 bits per heavy atom. The van der Waals surface area contributed by atoms with Crippen molar-refractivity contribution < 1.29 is 9.21 Å². The lowest BCUT2D eigenvalue weighted by atomic mass is 10.1. The number of carbonyl (C=O) groups excluding carboxylic acids is 1. The number of piperidine rings is 1. The summed E-state index contributed by atoms with van der Waals surface area (Å²) in [5.74, 6) is 2.15. The number of aryl methyl sites for hydroxylation is 1. The van der Waals surface area contributed by atoms with Gasteiger partial charge in [0.1, 0.15) is 11.5 Å². The van der Waals surface area contributed by atoms with E-state index in [0.29, 0.717) is 12.5 Å². The van der Waals surface area contributed by atoms with Gasteiger partial charge in [0.2, 0.25) is 5.91 Å². The maximum Gasteiger partial charge on any atom is 0.220 e. The molecular formula is C12H18N2O2. The molecule has 88 valence electrons. The van der Waals surface area contributed by atoms with E-state index in [4.69, 9.17) is 4.42 Å². The fourth-order valence-electron chi connectivity index (χ4n) is 1.86. The predicted molar refractivity (Wildman–Crippen MR) is 61.0 cm³/mol. The van der Waals surface area contributed by atoms with Gasteiger partial charge in [-0.1, -0.05) is 6.92 Å². The number of furan rings is 1. The first kappa shape index (κ1) is 11.2. The molecule has 2 heterocycles. The molecular weight excluding hydrogens is 204 g/mol. The average Bonchev–Trinajstić information content (AvgIpc) is 2.76. The fraction of sp³-hybridized carbons (Fsp3) is 0.583. The van der Waals surface area contributed by atoms with E-state index in [9.17, 15) is 4.79 Å². The van der Waals surface area contributed by atoms with Crippen LogP contribution in [0.4, 0.5) is 0 Å². The summed E-state index contributed by atoms with van der Waals surface area (Å²) in [6, 6.07) is 4.39. The first-order valence-electron chi connectivity index (χ1n) is 5.85. The van der Waals surface area contributed by atoms with E-state index in [1.807, 2.05) is 12.1 Å². The minimum Gasteiger partial charge on any atom is -0.465 e. The molecule has 1 saturated heterocycles. The molecule has 1 aromatic rings. The topological polar surface area (TPSA) is 54.3 Å². The van der Waals surface area contributed by atoms with Gasteiger partial charge in [-0.15, -0.1) is 0 Å². The van der Waals surface area contributed by atoms with Crippen LogP contribution in [0.2, 0.25) is 0 Å². The highest BCUT2D eigenvalue weighted by Crippen LogP contribution is 2.09. The van der Waals surface area contributed by atoms with E-state index in [-0.39, 0.29) is 5.91 Å². The molecule has 2 N–H and O–H groups in total. The summed E-state index contributed by atoms with van der Waals surface area (Å²) >= 11 is 0. The third kappa shape index (κ3) is 2.85. The molecule has 4 nitrogen and oxygen atoms in total. The van der Waals surface area contributed by atoms with Gasteiger partial charge in [0.25, 0.3) is 0 Å². The number of hydrogen-bond acceptors (Lipinski definition) is 3. The molecule has 0 saturated carbocycles. The molecule has 1 aromatic heterocycles. The van der Waals surface area contributed by atoms with Crippen LogP contribution < -0.4 is 10.6 Å². The Balaban J connectivity index is 1.76. The largest absolute Gasteiger partial charge is 0.465 e. The highest BCUT2D eigenvalue weighted by atomic mass is 16.3. The fourth-order valence-corrected chi connectivity index (χ4v) is 1.86. The molecule has 1 atom stereocenters. The van der Waals surface area contributed by atoms with Crippen molar-refractivity contribution >= 4 is 5.91 Å². The van der Waals surface area contributed by atoms with Gasteiger partial charge in [0.05, 0.1) is 6.54 Å². The lowest BCUT2D eigenvalue weighted by Crippen LogP contribution is -2.45. The minimum atomic E-state index is 0.157. The predicted octanol–water partition coefficient (Wildman–Crippen LogP) is 1.21. The number of nitrogens with one attached hydrogen (secondary N) is 2. The van der Waals surface area contributed by atoms with Crippen LogP contribution in [0.3, 0.4) is 0 Å². The monoisotopic (exact) mass is 222 g/mol. The number of rotatable bonds is 4. The van der Waals surface area contributed by atoms with Crippen molar-refractivity contribution in [3.05, 3.63) is 23.7 Å². The summed E-state index contributed by atoms with van der Waals surface area (Å²) in [5.41, 5.74) is 0. The molecule has 0 aromatic carbocycles. The summed E-state index contributed by atoms with van der Waals surface area (Å²) in [6.07, 6.45) is 2.46. The van der Waals surface area contributed by atoms with Gasteiger partial charge in [0.15, 0.2) is 0 Å². The molecule has 1 fully saturated rings. The normalized spacial score (nSPS) is 20.8. The maximum absolute atomic E-state index is 11.0. The van der Waals surface area contributed by atoms with Gasteiger partial charge < -0.3 is 15.1 Å². The molecule has 4 heteroatoms. The molecule has 0 aliphatic carbocycles. The van der Waals surface area contributed by atoms with Crippen LogP contribution >= 0.6 is 0 Å². The van der Waals surface area contributed by atoms with Gasteiger partial charge in [-0.05, 0) is 18.6 Å². The summed E-state index contributed by atoms with van der Waals surface area (Å²) in [5, 5.41) is 6.24. The quantitative estimate of drug-likeness (QED) is 0.805. The third-order valence-corrected chi connectivity index (χ3v) is 2.90. The van der Waals surface area contributed by atoms with E-state index in [1.54, 1.807) is 0 Å². The second kappa shape index (κ2) is 5.16. The summed E-state index contributed by atoms with van der Waals surface area (Å²) in [6.45, 7) is 3.54. The maximum atomic E-state index is 11.0. The lowest BCUT2D eigenvalue weighted by molar-refractivity contribution is -0.122. The zero-order chi connectivity index (χ0) is 11.4. The number of amides is 1. The molecule has 16 heavy (non-hydrogen) atoms. The van der Waals surface area contributed by atoms with Crippen LogP contribution in [0.5, 0.6) is 0 Å². The zero-order valence-electron chi connectivity index (χ0n) is 9.58. The Labute approximate surface area is 95.4 Å². The molecule has 0 bridgehead atoms. The standard InChI is InChI=1S/C12H18N2O2/c1-2-10-4-5-11(16-10)8-13-9-3-6-12(15)14-7-9/h4-5,9,13H,2-3,6-8H2,1H3,(H,14,15). The molecule has 1 amide bonds. The highest BCUT2D eigenvalue weighted by molar-refractivity contribution is 5.76. The Kier molecular flexibility index (Phi) is 3.62. The van der Waals surface area contributed by atoms with Crippen molar-refractivity contribution in [3.8, 4) is 0 Å². The smallest absolute Gasteiger partial charge is 0.220 e. The van der Waals surface area contributed by atoms with Gasteiger partial charge >= 0.3 is 0 Å². The van der Waals surface area contributed by atoms with Crippen LogP contribution in [-0.2, 0) is 17.8 Å². The number of hydrogen-bond donors (Lipinski definition) is 2. The molecule has 1 aliphatic heterocycles. The van der Waals surface area contributed by atoms with Crippen LogP contribution in [0, 0.1) is 0 Å². The van der Waals surface area contributed by atoms with Crippen molar-refractivity contribution in [2.75, 3.05) is 6.54 Å². The summed E-state index contributed by atoms with van der Waals surface area (Å²) in [7, 11) is 0. The molecule has 2 rings (SSSR count). The van der Waals surface area contributed by atoms with Gasteiger partial charge in [-0.3, -0.25) is 4.79 Å². The first-order chi connectivity index (χ1) is 7.78. The Morgan fingerprint density at radius 3 is 2.94 bits per heavy atom. The van der Waals surface area contributed by atoms with Crippen molar-refractivity contribution in [1.82, 2.24) is 10.6 Å². The van der Waals surface area contributed by atoms with Crippen LogP contribution in [0.1, 0.15) is 31.3 Å². The van der Waals surface area contributed by atoms with Crippen molar-refractivity contribution in [2.24, 2.45) is 0 Å². The van der Waals surface area contributed by atoms with Gasteiger partial charge in [-0.25, -0.2) is 0 Å². The summed E-state index contributed by atoms with van der Waals surface area (Å²) < 4.78 is 5.60. The van der Waals surface area contributed by atoms with Crippen molar-refractivity contribution in [2.45, 2.75) is 38.8 Å². The first-order valence-corrected chi connectivity index (χ1v) is 5.85. The Bertz CT molecular complexity index is 350. The van der Waals surface area contributed by atoms with Crippen LogP contribution in [0.25, 0.3) is 0 Å².